The number of imidazole rings is 1. The molecule has 1 saturated heterocycles. The number of benzene rings is 1. The summed E-state index contributed by atoms with van der Waals surface area (Å²) in [5, 5.41) is 0. The van der Waals surface area contributed by atoms with Crippen LogP contribution in [0, 0.1) is 5.41 Å². The van der Waals surface area contributed by atoms with Crippen molar-refractivity contribution in [1.82, 2.24) is 19.5 Å². The highest BCUT2D eigenvalue weighted by Crippen LogP contribution is 2.42. The van der Waals surface area contributed by atoms with Gasteiger partial charge in [-0.15, -0.1) is 0 Å². The summed E-state index contributed by atoms with van der Waals surface area (Å²) in [4.78, 5) is 39.6. The zero-order chi connectivity index (χ0) is 25.3. The number of Topliss-reactive ketones (excluding diaryl/α,β-unsaturated/α-hetero) is 1. The largest absolute Gasteiger partial charge is 0.465 e. The van der Waals surface area contributed by atoms with E-state index in [1.54, 1.807) is 19.6 Å². The Morgan fingerprint density at radius 2 is 1.94 bits per heavy atom. The van der Waals surface area contributed by atoms with E-state index in [1.807, 2.05) is 4.57 Å². The highest BCUT2D eigenvalue weighted by atomic mass is 16.5. The second-order valence-electron chi connectivity index (χ2n) is 9.96. The molecule has 0 bridgehead atoms. The molecule has 0 spiro atoms. The third-order valence-corrected chi connectivity index (χ3v) is 7.63. The summed E-state index contributed by atoms with van der Waals surface area (Å²) in [5.41, 5.74) is 5.31. The van der Waals surface area contributed by atoms with Gasteiger partial charge in [0.05, 0.1) is 12.9 Å². The molecule has 2 aromatic heterocycles. The maximum Gasteiger partial charge on any atom is 0.320 e. The number of rotatable bonds is 8. The summed E-state index contributed by atoms with van der Waals surface area (Å²) < 4.78 is 13.3. The van der Waals surface area contributed by atoms with Crippen LogP contribution in [0.1, 0.15) is 75.8 Å². The minimum Gasteiger partial charge on any atom is -0.465 e. The van der Waals surface area contributed by atoms with Crippen molar-refractivity contribution >= 4 is 22.9 Å². The zero-order valence-corrected chi connectivity index (χ0v) is 21.4. The predicted octanol–water partition coefficient (Wildman–Crippen LogP) is 4.77. The lowest BCUT2D eigenvalue weighted by Crippen LogP contribution is -2.40. The molecule has 0 amide bonds. The normalized spacial score (nSPS) is 21.5. The van der Waals surface area contributed by atoms with Gasteiger partial charge >= 0.3 is 5.97 Å². The maximum atomic E-state index is 12.9. The van der Waals surface area contributed by atoms with Crippen LogP contribution in [0.2, 0.25) is 0 Å². The summed E-state index contributed by atoms with van der Waals surface area (Å²) in [6, 6.07) is 4.28. The third-order valence-electron chi connectivity index (χ3n) is 7.63. The fraction of sp³-hybridized carbons (Fsp3) is 0.536. The Bertz CT molecular complexity index is 1290. The molecule has 190 valence electrons. The molecule has 0 N–H and O–H groups in total. The molecule has 1 aliphatic heterocycles. The highest BCUT2D eigenvalue weighted by Gasteiger charge is 2.49. The van der Waals surface area contributed by atoms with Crippen LogP contribution in [-0.2, 0) is 38.3 Å². The number of carbonyl (C=O) groups excluding carboxylic acids is 2. The second kappa shape index (κ2) is 10.1. The SMILES string of the molecule is CCCCc1cc2c(cc1-c1ncnc3c1ncn3C1CCCCO1)CC(C(C)=O)(C(=O)OCC)C2. The first kappa shape index (κ1) is 24.6. The van der Waals surface area contributed by atoms with Gasteiger partial charge in [-0.25, -0.2) is 15.0 Å². The fourth-order valence-electron chi connectivity index (χ4n) is 5.59. The van der Waals surface area contributed by atoms with Crippen LogP contribution in [0.5, 0.6) is 0 Å². The number of hydrogen-bond donors (Lipinski definition) is 0. The van der Waals surface area contributed by atoms with Gasteiger partial charge in [-0.05, 0) is 81.5 Å². The minimum atomic E-state index is -1.15. The molecule has 36 heavy (non-hydrogen) atoms. The van der Waals surface area contributed by atoms with Crippen molar-refractivity contribution in [2.45, 2.75) is 78.4 Å². The lowest BCUT2D eigenvalue weighted by molar-refractivity contribution is -0.159. The number of esters is 1. The molecular formula is C28H34N4O4. The Balaban J connectivity index is 1.60. The van der Waals surface area contributed by atoms with Gasteiger partial charge in [-0.1, -0.05) is 19.4 Å². The van der Waals surface area contributed by atoms with E-state index in [0.29, 0.717) is 12.8 Å². The first-order valence-electron chi connectivity index (χ1n) is 13.1. The second-order valence-corrected chi connectivity index (χ2v) is 9.96. The molecule has 2 aliphatic rings. The molecule has 5 rings (SSSR count). The summed E-state index contributed by atoms with van der Waals surface area (Å²) in [6.45, 7) is 6.43. The molecule has 8 nitrogen and oxygen atoms in total. The summed E-state index contributed by atoms with van der Waals surface area (Å²) in [6.07, 6.45) is 10.2. The zero-order valence-electron chi connectivity index (χ0n) is 21.4. The Morgan fingerprint density at radius 1 is 1.14 bits per heavy atom. The summed E-state index contributed by atoms with van der Waals surface area (Å²) >= 11 is 0. The number of unbranched alkanes of at least 4 members (excludes halogenated alkanes) is 1. The van der Waals surface area contributed by atoms with Crippen molar-refractivity contribution in [3.05, 3.63) is 41.5 Å². The van der Waals surface area contributed by atoms with Gasteiger partial charge in [0.1, 0.15) is 35.0 Å². The van der Waals surface area contributed by atoms with E-state index in [2.05, 4.69) is 29.0 Å². The Labute approximate surface area is 211 Å². The van der Waals surface area contributed by atoms with Gasteiger partial charge < -0.3 is 9.47 Å². The van der Waals surface area contributed by atoms with Crippen LogP contribution in [0.3, 0.4) is 0 Å². The lowest BCUT2D eigenvalue weighted by Gasteiger charge is -2.23. The number of carbonyl (C=O) groups is 2. The van der Waals surface area contributed by atoms with Gasteiger partial charge in [0.15, 0.2) is 5.65 Å². The van der Waals surface area contributed by atoms with Crippen LogP contribution in [0.25, 0.3) is 22.4 Å². The molecule has 3 heterocycles. The molecule has 0 saturated carbocycles. The fourth-order valence-corrected chi connectivity index (χ4v) is 5.59. The van der Waals surface area contributed by atoms with E-state index in [9.17, 15) is 9.59 Å². The van der Waals surface area contributed by atoms with Crippen molar-refractivity contribution in [3.63, 3.8) is 0 Å². The molecular weight excluding hydrogens is 456 g/mol. The number of ether oxygens (including phenoxy) is 2. The van der Waals surface area contributed by atoms with Gasteiger partial charge in [0.25, 0.3) is 0 Å². The molecule has 8 heteroatoms. The topological polar surface area (TPSA) is 96.2 Å². The van der Waals surface area contributed by atoms with Crippen molar-refractivity contribution in [3.8, 4) is 11.3 Å². The molecule has 1 aromatic carbocycles. The average Bonchev–Trinajstić information content (AvgIpc) is 3.50. The first-order chi connectivity index (χ1) is 17.5. The third kappa shape index (κ3) is 4.21. The highest BCUT2D eigenvalue weighted by molar-refractivity contribution is 6.04. The Hall–Kier alpha value is -3.13. The van der Waals surface area contributed by atoms with E-state index in [-0.39, 0.29) is 18.6 Å². The first-order valence-corrected chi connectivity index (χ1v) is 13.1. The van der Waals surface area contributed by atoms with Crippen LogP contribution in [-0.4, -0.2) is 44.5 Å². The van der Waals surface area contributed by atoms with E-state index in [1.165, 1.54) is 6.92 Å². The summed E-state index contributed by atoms with van der Waals surface area (Å²) in [7, 11) is 0. The van der Waals surface area contributed by atoms with Crippen LogP contribution < -0.4 is 0 Å². The quantitative estimate of drug-likeness (QED) is 0.331. The van der Waals surface area contributed by atoms with E-state index >= 15 is 0 Å². The van der Waals surface area contributed by atoms with Gasteiger partial charge in [0, 0.05) is 12.2 Å². The number of ketones is 1. The minimum absolute atomic E-state index is 0.0631. The van der Waals surface area contributed by atoms with Crippen LogP contribution >= 0.6 is 0 Å². The van der Waals surface area contributed by atoms with Crippen molar-refractivity contribution < 1.29 is 19.1 Å². The Kier molecular flexibility index (Phi) is 6.88. The predicted molar refractivity (Wildman–Crippen MR) is 135 cm³/mol. The van der Waals surface area contributed by atoms with Crippen molar-refractivity contribution in [1.29, 1.82) is 0 Å². The number of aromatic nitrogens is 4. The van der Waals surface area contributed by atoms with Gasteiger partial charge in [-0.3, -0.25) is 14.2 Å². The molecule has 2 unspecified atom stereocenters. The molecule has 1 aliphatic carbocycles. The molecule has 3 aromatic rings. The monoisotopic (exact) mass is 490 g/mol. The van der Waals surface area contributed by atoms with Gasteiger partial charge in [0.2, 0.25) is 0 Å². The van der Waals surface area contributed by atoms with Gasteiger partial charge in [-0.2, -0.15) is 0 Å². The molecule has 0 radical (unpaired) electrons. The van der Waals surface area contributed by atoms with Crippen LogP contribution in [0.15, 0.2) is 24.8 Å². The molecule has 1 fully saturated rings. The smallest absolute Gasteiger partial charge is 0.320 e. The van der Waals surface area contributed by atoms with E-state index in [4.69, 9.17) is 14.5 Å². The number of hydrogen-bond acceptors (Lipinski definition) is 7. The average molecular weight is 491 g/mol. The number of fused-ring (bicyclic) bond motifs is 2. The van der Waals surface area contributed by atoms with Crippen molar-refractivity contribution in [2.75, 3.05) is 13.2 Å². The number of aryl methyl sites for hydroxylation is 1. The molecule has 2 atom stereocenters. The lowest BCUT2D eigenvalue weighted by atomic mass is 9.81. The number of nitrogens with zero attached hydrogens (tertiary/aromatic N) is 4. The Morgan fingerprint density at radius 3 is 2.64 bits per heavy atom. The maximum absolute atomic E-state index is 12.9. The summed E-state index contributed by atoms with van der Waals surface area (Å²) in [5.74, 6) is -0.578. The van der Waals surface area contributed by atoms with E-state index in [0.717, 1.165) is 84.2 Å². The van der Waals surface area contributed by atoms with E-state index < -0.39 is 11.4 Å². The standard InChI is InChI=1S/C28H34N4O4/c1-4-6-9-19-12-20-14-28(18(3)33,27(34)35-5-2)15-21(20)13-22(19)24-25-26(30-16-29-24)32(17-31-25)23-10-7-8-11-36-23/h12-13,16-17,23H,4-11,14-15H2,1-3H3. The van der Waals surface area contributed by atoms with Crippen LogP contribution in [0.4, 0.5) is 0 Å². The van der Waals surface area contributed by atoms with Crippen molar-refractivity contribution in [2.24, 2.45) is 5.41 Å².